The van der Waals surface area contributed by atoms with Gasteiger partial charge in [0.25, 0.3) is 0 Å². The van der Waals surface area contributed by atoms with Crippen LogP contribution < -0.4 is 5.32 Å². The van der Waals surface area contributed by atoms with Crippen molar-refractivity contribution in [1.29, 1.82) is 0 Å². The van der Waals surface area contributed by atoms with Crippen molar-refractivity contribution >= 4 is 43.6 Å². The zero-order valence-corrected chi connectivity index (χ0v) is 16.2. The standard InChI is InChI=1S/C21H21FN4S/c1-13-3-5-15-18(11-13)27-21-19(15)20(26-9-7-25(2)8-10-26)23-16-6-4-14(22)12-17(16)24-21/h3-6,11-12,24H,7-10H2,1-2H3. The van der Waals surface area contributed by atoms with Crippen LogP contribution >= 0.6 is 11.3 Å². The Morgan fingerprint density at radius 2 is 1.89 bits per heavy atom. The molecule has 0 radical (unpaired) electrons. The summed E-state index contributed by atoms with van der Waals surface area (Å²) in [5.41, 5.74) is 3.89. The molecule has 3 heterocycles. The summed E-state index contributed by atoms with van der Waals surface area (Å²) in [6.45, 7) is 6.01. The summed E-state index contributed by atoms with van der Waals surface area (Å²) >= 11 is 1.71. The lowest BCUT2D eigenvalue weighted by Crippen LogP contribution is -2.47. The first-order valence-electron chi connectivity index (χ1n) is 9.21. The fraction of sp³-hybridized carbons (Fsp3) is 0.286. The predicted octanol–water partition coefficient (Wildman–Crippen LogP) is 4.73. The Kier molecular flexibility index (Phi) is 3.91. The number of halogens is 1. The smallest absolute Gasteiger partial charge is 0.140 e. The quantitative estimate of drug-likeness (QED) is 0.612. The van der Waals surface area contributed by atoms with Gasteiger partial charge in [-0.25, -0.2) is 9.38 Å². The summed E-state index contributed by atoms with van der Waals surface area (Å²) in [5.74, 6) is 0.740. The summed E-state index contributed by atoms with van der Waals surface area (Å²) in [4.78, 5) is 9.72. The molecule has 5 rings (SSSR count). The van der Waals surface area contributed by atoms with Gasteiger partial charge in [0.2, 0.25) is 0 Å². The Labute approximate surface area is 161 Å². The van der Waals surface area contributed by atoms with Crippen LogP contribution in [0.5, 0.6) is 0 Å². The van der Waals surface area contributed by atoms with Gasteiger partial charge in [-0.3, -0.25) is 0 Å². The van der Waals surface area contributed by atoms with E-state index in [1.807, 2.05) is 0 Å². The van der Waals surface area contributed by atoms with Crippen LogP contribution in [0.3, 0.4) is 0 Å². The average molecular weight is 380 g/mol. The highest BCUT2D eigenvalue weighted by molar-refractivity contribution is 7.23. The Bertz CT molecular complexity index is 1060. The van der Waals surface area contributed by atoms with Crippen molar-refractivity contribution in [2.24, 2.45) is 4.99 Å². The summed E-state index contributed by atoms with van der Waals surface area (Å²) in [5, 5.41) is 5.70. The second-order valence-electron chi connectivity index (χ2n) is 7.32. The number of benzene rings is 2. The third-order valence-electron chi connectivity index (χ3n) is 5.31. The van der Waals surface area contributed by atoms with Gasteiger partial charge in [-0.2, -0.15) is 0 Å². The van der Waals surface area contributed by atoms with E-state index in [0.29, 0.717) is 0 Å². The number of thiophene rings is 1. The summed E-state index contributed by atoms with van der Waals surface area (Å²) in [7, 11) is 2.15. The maximum absolute atomic E-state index is 13.9. The van der Waals surface area contributed by atoms with Gasteiger partial charge >= 0.3 is 0 Å². The first-order chi connectivity index (χ1) is 13.1. The van der Waals surface area contributed by atoms with E-state index in [4.69, 9.17) is 4.99 Å². The summed E-state index contributed by atoms with van der Waals surface area (Å²) in [6, 6.07) is 11.3. The molecule has 0 unspecified atom stereocenters. The highest BCUT2D eigenvalue weighted by atomic mass is 32.1. The monoisotopic (exact) mass is 380 g/mol. The second-order valence-corrected chi connectivity index (χ2v) is 8.37. The first-order valence-corrected chi connectivity index (χ1v) is 10.0. The van der Waals surface area contributed by atoms with Crippen LogP contribution in [0.2, 0.25) is 0 Å². The largest absolute Gasteiger partial charge is 0.353 e. The molecule has 1 saturated heterocycles. The molecule has 0 spiro atoms. The molecule has 4 nitrogen and oxygen atoms in total. The van der Waals surface area contributed by atoms with E-state index in [0.717, 1.165) is 54.0 Å². The van der Waals surface area contributed by atoms with Gasteiger partial charge < -0.3 is 15.1 Å². The molecule has 0 saturated carbocycles. The number of amidine groups is 1. The third-order valence-corrected chi connectivity index (χ3v) is 6.37. The molecule has 3 aromatic rings. The number of hydrogen-bond acceptors (Lipinski definition) is 5. The van der Waals surface area contributed by atoms with Gasteiger partial charge in [-0.15, -0.1) is 11.3 Å². The minimum atomic E-state index is -0.252. The lowest BCUT2D eigenvalue weighted by molar-refractivity contribution is 0.216. The molecule has 0 amide bonds. The van der Waals surface area contributed by atoms with Crippen molar-refractivity contribution in [3.8, 4) is 0 Å². The third kappa shape index (κ3) is 2.89. The molecule has 6 heteroatoms. The van der Waals surface area contributed by atoms with Crippen molar-refractivity contribution in [3.05, 3.63) is 53.3 Å². The van der Waals surface area contributed by atoms with Crippen LogP contribution in [0.1, 0.15) is 11.1 Å². The van der Waals surface area contributed by atoms with Crippen molar-refractivity contribution < 1.29 is 4.39 Å². The van der Waals surface area contributed by atoms with Gasteiger partial charge in [0.15, 0.2) is 0 Å². The molecule has 2 aliphatic rings. The van der Waals surface area contributed by atoms with Crippen LogP contribution in [0.15, 0.2) is 41.4 Å². The summed E-state index contributed by atoms with van der Waals surface area (Å²) < 4.78 is 15.1. The average Bonchev–Trinajstić information content (AvgIpc) is 2.90. The summed E-state index contributed by atoms with van der Waals surface area (Å²) in [6.07, 6.45) is 0. The maximum Gasteiger partial charge on any atom is 0.140 e. The van der Waals surface area contributed by atoms with Gasteiger partial charge in [0.1, 0.15) is 16.7 Å². The minimum Gasteiger partial charge on any atom is -0.353 e. The zero-order valence-electron chi connectivity index (χ0n) is 15.4. The number of likely N-dealkylation sites (N-methyl/N-ethyl adjacent to an activating group) is 1. The van der Waals surface area contributed by atoms with E-state index in [1.165, 1.54) is 27.8 Å². The van der Waals surface area contributed by atoms with Gasteiger partial charge in [-0.05, 0) is 43.8 Å². The molecular formula is C21H21FN4S. The van der Waals surface area contributed by atoms with E-state index in [1.54, 1.807) is 17.4 Å². The maximum atomic E-state index is 13.9. The minimum absolute atomic E-state index is 0.252. The fourth-order valence-corrected chi connectivity index (χ4v) is 4.97. The molecule has 138 valence electrons. The zero-order chi connectivity index (χ0) is 18.5. The van der Waals surface area contributed by atoms with Gasteiger partial charge in [-0.1, -0.05) is 12.1 Å². The Balaban J connectivity index is 1.73. The topological polar surface area (TPSA) is 30.9 Å². The highest BCUT2D eigenvalue weighted by Gasteiger charge is 2.27. The predicted molar refractivity (Wildman–Crippen MR) is 112 cm³/mol. The number of aryl methyl sites for hydroxylation is 1. The number of fused-ring (bicyclic) bond motifs is 4. The molecule has 1 N–H and O–H groups in total. The molecule has 0 aliphatic carbocycles. The Hall–Kier alpha value is -2.44. The van der Waals surface area contributed by atoms with E-state index in [9.17, 15) is 4.39 Å². The number of rotatable bonds is 0. The molecular weight excluding hydrogens is 359 g/mol. The van der Waals surface area contributed by atoms with Crippen molar-refractivity contribution in [2.75, 3.05) is 38.5 Å². The Morgan fingerprint density at radius 3 is 2.70 bits per heavy atom. The molecule has 2 aromatic carbocycles. The molecule has 1 fully saturated rings. The Morgan fingerprint density at radius 1 is 1.07 bits per heavy atom. The van der Waals surface area contributed by atoms with E-state index in [-0.39, 0.29) is 5.82 Å². The molecule has 0 bridgehead atoms. The fourth-order valence-electron chi connectivity index (χ4n) is 3.76. The number of nitrogens with one attached hydrogen (secondary N) is 1. The van der Waals surface area contributed by atoms with Crippen LogP contribution in [0.25, 0.3) is 10.1 Å². The number of anilines is 2. The van der Waals surface area contributed by atoms with Crippen molar-refractivity contribution in [2.45, 2.75) is 6.92 Å². The lowest BCUT2D eigenvalue weighted by Gasteiger charge is -2.34. The van der Waals surface area contributed by atoms with Crippen LogP contribution in [0, 0.1) is 12.7 Å². The first kappa shape index (κ1) is 16.7. The number of nitrogens with zero attached hydrogens (tertiary/aromatic N) is 3. The molecule has 0 atom stereocenters. The van der Waals surface area contributed by atoms with Crippen LogP contribution in [0.4, 0.5) is 20.8 Å². The highest BCUT2D eigenvalue weighted by Crippen LogP contribution is 2.43. The van der Waals surface area contributed by atoms with Crippen LogP contribution in [-0.2, 0) is 0 Å². The van der Waals surface area contributed by atoms with Gasteiger partial charge in [0.05, 0.1) is 16.9 Å². The van der Waals surface area contributed by atoms with E-state index in [2.05, 4.69) is 47.3 Å². The van der Waals surface area contributed by atoms with Crippen molar-refractivity contribution in [3.63, 3.8) is 0 Å². The normalized spacial score (nSPS) is 17.1. The van der Waals surface area contributed by atoms with Crippen molar-refractivity contribution in [1.82, 2.24) is 9.80 Å². The van der Waals surface area contributed by atoms with E-state index >= 15 is 0 Å². The SMILES string of the molecule is Cc1ccc2c3c(sc2c1)Nc1cc(F)ccc1N=C3N1CCN(C)CC1. The number of piperazine rings is 1. The lowest BCUT2D eigenvalue weighted by atomic mass is 10.1. The molecule has 27 heavy (non-hydrogen) atoms. The van der Waals surface area contributed by atoms with Gasteiger partial charge in [0, 0.05) is 36.3 Å². The molecule has 2 aliphatic heterocycles. The van der Waals surface area contributed by atoms with E-state index < -0.39 is 0 Å². The molecule has 1 aromatic heterocycles. The number of aliphatic imine (C=N–C) groups is 1. The number of hydrogen-bond donors (Lipinski definition) is 1. The van der Waals surface area contributed by atoms with Crippen LogP contribution in [-0.4, -0.2) is 48.9 Å². The second kappa shape index (κ2) is 6.32.